The molecular formula is C17H22N2O5. The summed E-state index contributed by atoms with van der Waals surface area (Å²) in [5, 5.41) is 16.8. The molecule has 0 fully saturated rings. The number of methoxy groups -OCH3 is 2. The van der Waals surface area contributed by atoms with E-state index >= 15 is 0 Å². The minimum atomic E-state index is -0.849. The number of aliphatic hydroxyl groups is 1. The summed E-state index contributed by atoms with van der Waals surface area (Å²) in [5.41, 5.74) is 2.10. The second kappa shape index (κ2) is 7.83. The molecule has 0 aliphatic heterocycles. The lowest BCUT2D eigenvalue weighted by Gasteiger charge is -2.15. The molecule has 7 heteroatoms. The molecule has 0 bridgehead atoms. The van der Waals surface area contributed by atoms with Crippen molar-refractivity contribution in [3.8, 4) is 11.5 Å². The second-order valence-electron chi connectivity index (χ2n) is 5.41. The van der Waals surface area contributed by atoms with Gasteiger partial charge in [-0.2, -0.15) is 0 Å². The van der Waals surface area contributed by atoms with Crippen LogP contribution in [0.4, 0.5) is 0 Å². The number of carbonyl (C=O) groups excluding carboxylic acids is 1. The summed E-state index contributed by atoms with van der Waals surface area (Å²) < 4.78 is 15.4. The molecule has 7 nitrogen and oxygen atoms in total. The van der Waals surface area contributed by atoms with E-state index in [0.29, 0.717) is 28.5 Å². The van der Waals surface area contributed by atoms with Crippen molar-refractivity contribution in [2.45, 2.75) is 26.4 Å². The van der Waals surface area contributed by atoms with Gasteiger partial charge in [0.25, 0.3) is 0 Å². The molecule has 0 aliphatic rings. The molecule has 0 saturated heterocycles. The van der Waals surface area contributed by atoms with Crippen LogP contribution < -0.4 is 14.8 Å². The Morgan fingerprint density at radius 1 is 1.29 bits per heavy atom. The van der Waals surface area contributed by atoms with Crippen LogP contribution in [0.3, 0.4) is 0 Å². The average Bonchev–Trinajstić information content (AvgIpc) is 2.90. The van der Waals surface area contributed by atoms with Gasteiger partial charge in [-0.1, -0.05) is 11.2 Å². The lowest BCUT2D eigenvalue weighted by atomic mass is 10.1. The van der Waals surface area contributed by atoms with Crippen LogP contribution in [0.1, 0.15) is 28.7 Å². The number of hydrogen-bond acceptors (Lipinski definition) is 6. The molecule has 0 saturated carbocycles. The third-order valence-corrected chi connectivity index (χ3v) is 3.80. The Labute approximate surface area is 140 Å². The fraction of sp³-hybridized carbons (Fsp3) is 0.412. The Hall–Kier alpha value is -2.54. The van der Waals surface area contributed by atoms with E-state index in [1.165, 1.54) is 7.11 Å². The first-order valence-corrected chi connectivity index (χ1v) is 7.54. The van der Waals surface area contributed by atoms with Crippen molar-refractivity contribution in [2.24, 2.45) is 0 Å². The molecule has 24 heavy (non-hydrogen) atoms. The lowest BCUT2D eigenvalue weighted by molar-refractivity contribution is -0.120. The number of aliphatic hydroxyl groups excluding tert-OH is 1. The predicted molar refractivity (Wildman–Crippen MR) is 87.2 cm³/mol. The van der Waals surface area contributed by atoms with Crippen LogP contribution in [0.15, 0.2) is 22.7 Å². The van der Waals surface area contributed by atoms with E-state index in [-0.39, 0.29) is 18.9 Å². The molecule has 1 amide bonds. The van der Waals surface area contributed by atoms with E-state index in [1.54, 1.807) is 39.2 Å². The molecule has 1 heterocycles. The van der Waals surface area contributed by atoms with Gasteiger partial charge in [-0.25, -0.2) is 0 Å². The molecule has 2 aromatic rings. The van der Waals surface area contributed by atoms with Crippen molar-refractivity contribution in [1.82, 2.24) is 10.5 Å². The quantitative estimate of drug-likeness (QED) is 0.800. The number of aromatic nitrogens is 1. The van der Waals surface area contributed by atoms with Gasteiger partial charge in [0, 0.05) is 12.1 Å². The Balaban J connectivity index is 1.95. The molecule has 1 atom stereocenters. The first-order chi connectivity index (χ1) is 11.5. The third-order valence-electron chi connectivity index (χ3n) is 3.80. The highest BCUT2D eigenvalue weighted by atomic mass is 16.5. The number of nitrogens with one attached hydrogen (secondary N) is 1. The summed E-state index contributed by atoms with van der Waals surface area (Å²) in [4.78, 5) is 12.0. The van der Waals surface area contributed by atoms with Crippen LogP contribution in [-0.4, -0.2) is 36.9 Å². The number of rotatable bonds is 7. The summed E-state index contributed by atoms with van der Waals surface area (Å²) in [6.45, 7) is 3.65. The highest BCUT2D eigenvalue weighted by Gasteiger charge is 2.16. The highest BCUT2D eigenvalue weighted by Crippen LogP contribution is 2.29. The molecule has 2 N–H and O–H groups in total. The zero-order valence-electron chi connectivity index (χ0n) is 14.3. The minimum absolute atomic E-state index is 0.0949. The number of nitrogens with zero attached hydrogens (tertiary/aromatic N) is 1. The Morgan fingerprint density at radius 2 is 2.00 bits per heavy atom. The summed E-state index contributed by atoms with van der Waals surface area (Å²) in [7, 11) is 3.07. The largest absolute Gasteiger partial charge is 0.493 e. The van der Waals surface area contributed by atoms with E-state index in [2.05, 4.69) is 10.5 Å². The van der Waals surface area contributed by atoms with Crippen molar-refractivity contribution in [3.05, 3.63) is 40.8 Å². The van der Waals surface area contributed by atoms with Crippen molar-refractivity contribution in [2.75, 3.05) is 20.8 Å². The summed E-state index contributed by atoms with van der Waals surface area (Å²) in [6, 6.07) is 5.12. The summed E-state index contributed by atoms with van der Waals surface area (Å²) >= 11 is 0. The number of aryl methyl sites for hydroxylation is 2. The van der Waals surface area contributed by atoms with Gasteiger partial charge in [0.2, 0.25) is 5.91 Å². The van der Waals surface area contributed by atoms with Crippen LogP contribution in [0.2, 0.25) is 0 Å². The lowest BCUT2D eigenvalue weighted by Crippen LogP contribution is -2.29. The first-order valence-electron chi connectivity index (χ1n) is 7.54. The molecule has 1 aromatic heterocycles. The smallest absolute Gasteiger partial charge is 0.224 e. The zero-order chi connectivity index (χ0) is 17.7. The first kappa shape index (κ1) is 17.8. The Morgan fingerprint density at radius 3 is 2.58 bits per heavy atom. The Kier molecular flexibility index (Phi) is 5.81. The van der Waals surface area contributed by atoms with Crippen LogP contribution in [0, 0.1) is 13.8 Å². The van der Waals surface area contributed by atoms with Gasteiger partial charge in [-0.15, -0.1) is 0 Å². The van der Waals surface area contributed by atoms with Gasteiger partial charge in [0.15, 0.2) is 11.5 Å². The number of ether oxygens (including phenoxy) is 2. The van der Waals surface area contributed by atoms with E-state index in [0.717, 1.165) is 5.56 Å². The van der Waals surface area contributed by atoms with E-state index in [4.69, 9.17) is 14.0 Å². The number of carbonyl (C=O) groups is 1. The normalized spacial score (nSPS) is 11.9. The van der Waals surface area contributed by atoms with Crippen LogP contribution in [0.25, 0.3) is 0 Å². The van der Waals surface area contributed by atoms with Crippen LogP contribution in [-0.2, 0) is 11.2 Å². The van der Waals surface area contributed by atoms with Crippen LogP contribution >= 0.6 is 0 Å². The molecule has 1 unspecified atom stereocenters. The molecule has 0 spiro atoms. The SMILES string of the molecule is COc1ccc(C(O)CNC(=O)Cc2c(C)noc2C)cc1OC. The fourth-order valence-electron chi connectivity index (χ4n) is 2.37. The topological polar surface area (TPSA) is 93.8 Å². The third kappa shape index (κ3) is 4.05. The molecule has 0 aliphatic carbocycles. The minimum Gasteiger partial charge on any atom is -0.493 e. The average molecular weight is 334 g/mol. The number of hydrogen-bond donors (Lipinski definition) is 2. The van der Waals surface area contributed by atoms with Gasteiger partial charge in [-0.05, 0) is 31.5 Å². The number of benzene rings is 1. The zero-order valence-corrected chi connectivity index (χ0v) is 14.3. The van der Waals surface area contributed by atoms with Crippen molar-refractivity contribution >= 4 is 5.91 Å². The molecule has 1 aromatic carbocycles. The maximum Gasteiger partial charge on any atom is 0.224 e. The summed E-state index contributed by atoms with van der Waals surface area (Å²) in [5.74, 6) is 1.53. The standard InChI is InChI=1S/C17H22N2O5/c1-10-13(11(2)24-19-10)8-17(21)18-9-14(20)12-5-6-15(22-3)16(7-12)23-4/h5-7,14,20H,8-9H2,1-4H3,(H,18,21). The molecule has 2 rings (SSSR count). The molecule has 0 radical (unpaired) electrons. The predicted octanol–water partition coefficient (Wildman–Crippen LogP) is 1.70. The molecule has 130 valence electrons. The summed E-state index contributed by atoms with van der Waals surface area (Å²) in [6.07, 6.45) is -0.682. The van der Waals surface area contributed by atoms with E-state index in [1.807, 2.05) is 0 Å². The van der Waals surface area contributed by atoms with Gasteiger partial charge in [0.1, 0.15) is 5.76 Å². The van der Waals surface area contributed by atoms with E-state index in [9.17, 15) is 9.90 Å². The molecular weight excluding hydrogens is 312 g/mol. The Bertz CT molecular complexity index is 692. The van der Waals surface area contributed by atoms with Crippen molar-refractivity contribution in [3.63, 3.8) is 0 Å². The fourth-order valence-corrected chi connectivity index (χ4v) is 2.37. The van der Waals surface area contributed by atoms with Gasteiger partial charge in [-0.3, -0.25) is 4.79 Å². The van der Waals surface area contributed by atoms with Gasteiger partial charge in [0.05, 0.1) is 32.4 Å². The van der Waals surface area contributed by atoms with Gasteiger partial charge >= 0.3 is 0 Å². The number of amides is 1. The van der Waals surface area contributed by atoms with E-state index < -0.39 is 6.10 Å². The van der Waals surface area contributed by atoms with Gasteiger partial charge < -0.3 is 24.4 Å². The second-order valence-corrected chi connectivity index (χ2v) is 5.41. The van der Waals surface area contributed by atoms with Crippen molar-refractivity contribution < 1.29 is 23.9 Å². The monoisotopic (exact) mass is 334 g/mol. The highest BCUT2D eigenvalue weighted by molar-refractivity contribution is 5.79. The van der Waals surface area contributed by atoms with Crippen molar-refractivity contribution in [1.29, 1.82) is 0 Å². The maximum absolute atomic E-state index is 12.0. The maximum atomic E-state index is 12.0. The van der Waals surface area contributed by atoms with Crippen LogP contribution in [0.5, 0.6) is 11.5 Å².